The van der Waals surface area contributed by atoms with E-state index in [-0.39, 0.29) is 13.2 Å². The van der Waals surface area contributed by atoms with Crippen molar-refractivity contribution in [1.82, 2.24) is 10.2 Å². The van der Waals surface area contributed by atoms with Gasteiger partial charge in [-0.1, -0.05) is 48.9 Å². The average Bonchev–Trinajstić information content (AvgIpc) is 3.57. The second kappa shape index (κ2) is 14.4. The lowest BCUT2D eigenvalue weighted by atomic mass is 9.95. The lowest BCUT2D eigenvalue weighted by molar-refractivity contribution is -0.139. The van der Waals surface area contributed by atoms with Crippen LogP contribution in [0.5, 0.6) is 0 Å². The Labute approximate surface area is 241 Å². The van der Waals surface area contributed by atoms with Gasteiger partial charge in [0.1, 0.15) is 6.04 Å². The molecule has 1 aromatic heterocycles. The SMILES string of the molecule is N#Cc1ccc(C2N=C(c3ccco3)NC(COCCN3CCCCC3)=C2C(=O)OCCCc2ccccc2)cc1. The number of likely N-dealkylation sites (tertiary alicyclic amines) is 1. The minimum atomic E-state index is -0.647. The van der Waals surface area contributed by atoms with Crippen LogP contribution in [0.4, 0.5) is 0 Å². The molecular weight excluding hydrogens is 516 g/mol. The molecule has 1 fully saturated rings. The van der Waals surface area contributed by atoms with Crippen molar-refractivity contribution in [3.05, 3.63) is 107 Å². The number of aryl methyl sites for hydroxylation is 1. The molecule has 0 radical (unpaired) electrons. The second-order valence-electron chi connectivity index (χ2n) is 10.3. The van der Waals surface area contributed by atoms with E-state index in [1.165, 1.54) is 24.8 Å². The predicted octanol–water partition coefficient (Wildman–Crippen LogP) is 5.17. The standard InChI is InChI=1S/C33H36N4O4/c34-23-26-13-15-27(16-14-26)31-30(33(38)41-21-7-11-25-9-3-1-4-10-25)28(35-32(36-31)29-12-8-20-40-29)24-39-22-19-37-17-5-2-6-18-37/h1,3-4,8-10,12-16,20,31H,2,5-7,11,17-19,21-22,24H2,(H,35,36). The fraction of sp³-hybridized carbons (Fsp3) is 0.364. The molecule has 41 heavy (non-hydrogen) atoms. The minimum absolute atomic E-state index is 0.203. The highest BCUT2D eigenvalue weighted by Gasteiger charge is 2.33. The van der Waals surface area contributed by atoms with E-state index in [4.69, 9.17) is 18.9 Å². The number of ether oxygens (including phenoxy) is 2. The summed E-state index contributed by atoms with van der Waals surface area (Å²) in [5.41, 5.74) is 3.52. The van der Waals surface area contributed by atoms with Gasteiger partial charge in [0, 0.05) is 6.54 Å². The third kappa shape index (κ3) is 7.72. The van der Waals surface area contributed by atoms with Crippen molar-refractivity contribution in [2.75, 3.05) is 39.5 Å². The van der Waals surface area contributed by atoms with Crippen molar-refractivity contribution in [3.8, 4) is 6.07 Å². The number of aliphatic imine (C=N–C) groups is 1. The zero-order chi connectivity index (χ0) is 28.3. The Bertz CT molecular complexity index is 1370. The molecule has 3 heterocycles. The molecule has 1 atom stereocenters. The van der Waals surface area contributed by atoms with Crippen molar-refractivity contribution < 1.29 is 18.7 Å². The summed E-state index contributed by atoms with van der Waals surface area (Å²) in [6.07, 6.45) is 6.85. The van der Waals surface area contributed by atoms with E-state index < -0.39 is 12.0 Å². The quantitative estimate of drug-likeness (QED) is 0.244. The molecule has 3 aromatic rings. The highest BCUT2D eigenvalue weighted by molar-refractivity contribution is 6.02. The lowest BCUT2D eigenvalue weighted by Crippen LogP contribution is -2.36. The van der Waals surface area contributed by atoms with Crippen molar-refractivity contribution in [2.24, 2.45) is 4.99 Å². The topological polar surface area (TPSA) is 100 Å². The molecule has 0 bridgehead atoms. The molecule has 8 heteroatoms. The molecule has 2 aliphatic heterocycles. The van der Waals surface area contributed by atoms with E-state index in [0.29, 0.717) is 41.5 Å². The van der Waals surface area contributed by atoms with Gasteiger partial charge in [0.05, 0.1) is 49.0 Å². The first-order valence-corrected chi connectivity index (χ1v) is 14.3. The van der Waals surface area contributed by atoms with E-state index >= 15 is 0 Å². The van der Waals surface area contributed by atoms with Gasteiger partial charge in [0.25, 0.3) is 0 Å². The number of rotatable bonds is 12. The number of esters is 1. The zero-order valence-electron chi connectivity index (χ0n) is 23.3. The Morgan fingerprint density at radius 1 is 1.02 bits per heavy atom. The van der Waals surface area contributed by atoms with Gasteiger partial charge in [-0.15, -0.1) is 0 Å². The van der Waals surface area contributed by atoms with Gasteiger partial charge >= 0.3 is 5.97 Å². The molecular formula is C33H36N4O4. The Kier molecular flexibility index (Phi) is 9.99. The van der Waals surface area contributed by atoms with Crippen LogP contribution in [0.1, 0.15) is 54.2 Å². The van der Waals surface area contributed by atoms with Crippen LogP contribution in [-0.4, -0.2) is 56.2 Å². The molecule has 0 saturated carbocycles. The van der Waals surface area contributed by atoms with Crippen LogP contribution in [0.15, 0.2) is 93.7 Å². The number of hydrogen-bond donors (Lipinski definition) is 1. The van der Waals surface area contributed by atoms with Gasteiger partial charge in [-0.2, -0.15) is 5.26 Å². The van der Waals surface area contributed by atoms with E-state index in [1.54, 1.807) is 24.5 Å². The van der Waals surface area contributed by atoms with Crippen LogP contribution in [-0.2, 0) is 20.7 Å². The third-order valence-electron chi connectivity index (χ3n) is 7.39. The molecule has 8 nitrogen and oxygen atoms in total. The van der Waals surface area contributed by atoms with Crippen LogP contribution in [0, 0.1) is 11.3 Å². The first kappa shape index (κ1) is 28.3. The maximum atomic E-state index is 13.7. The number of amidine groups is 1. The first-order chi connectivity index (χ1) is 20.2. The van der Waals surface area contributed by atoms with Crippen molar-refractivity contribution in [2.45, 2.75) is 38.1 Å². The number of nitrogens with zero attached hydrogens (tertiary/aromatic N) is 3. The van der Waals surface area contributed by atoms with Gasteiger partial charge in [-0.25, -0.2) is 4.79 Å². The largest absolute Gasteiger partial charge is 0.462 e. The third-order valence-corrected chi connectivity index (χ3v) is 7.39. The van der Waals surface area contributed by atoms with Gasteiger partial charge < -0.3 is 24.1 Å². The van der Waals surface area contributed by atoms with Crippen LogP contribution >= 0.6 is 0 Å². The van der Waals surface area contributed by atoms with Crippen LogP contribution < -0.4 is 5.32 Å². The number of hydrogen-bond acceptors (Lipinski definition) is 8. The maximum absolute atomic E-state index is 13.7. The van der Waals surface area contributed by atoms with Crippen molar-refractivity contribution in [3.63, 3.8) is 0 Å². The molecule has 0 amide bonds. The number of furan rings is 1. The molecule has 1 N–H and O–H groups in total. The van der Waals surface area contributed by atoms with E-state index in [0.717, 1.165) is 31.6 Å². The number of piperidine rings is 1. The van der Waals surface area contributed by atoms with E-state index in [9.17, 15) is 10.1 Å². The van der Waals surface area contributed by atoms with E-state index in [1.807, 2.05) is 36.4 Å². The summed E-state index contributed by atoms with van der Waals surface area (Å²) in [7, 11) is 0. The maximum Gasteiger partial charge on any atom is 0.338 e. The molecule has 5 rings (SSSR count). The van der Waals surface area contributed by atoms with Gasteiger partial charge in [-0.05, 0) is 74.2 Å². The van der Waals surface area contributed by atoms with Crippen molar-refractivity contribution >= 4 is 11.8 Å². The first-order valence-electron chi connectivity index (χ1n) is 14.3. The van der Waals surface area contributed by atoms with Gasteiger partial charge in [0.2, 0.25) is 0 Å². The summed E-state index contributed by atoms with van der Waals surface area (Å²) < 4.78 is 17.6. The normalized spacial score (nSPS) is 17.4. The fourth-order valence-corrected chi connectivity index (χ4v) is 5.18. The molecule has 2 aliphatic rings. The molecule has 1 saturated heterocycles. The fourth-order valence-electron chi connectivity index (χ4n) is 5.18. The molecule has 1 unspecified atom stereocenters. The number of nitrogens with one attached hydrogen (secondary N) is 1. The lowest BCUT2D eigenvalue weighted by Gasteiger charge is -2.28. The summed E-state index contributed by atoms with van der Waals surface area (Å²) in [6, 6.07) is 22.4. The smallest absolute Gasteiger partial charge is 0.338 e. The summed E-state index contributed by atoms with van der Waals surface area (Å²) in [5.74, 6) is 0.640. The highest BCUT2D eigenvalue weighted by Crippen LogP contribution is 2.33. The second-order valence-corrected chi connectivity index (χ2v) is 10.3. The highest BCUT2D eigenvalue weighted by atomic mass is 16.5. The van der Waals surface area contributed by atoms with Crippen LogP contribution in [0.3, 0.4) is 0 Å². The molecule has 2 aromatic carbocycles. The summed E-state index contributed by atoms with van der Waals surface area (Å²) >= 11 is 0. The number of nitriles is 1. The van der Waals surface area contributed by atoms with Crippen LogP contribution in [0.25, 0.3) is 0 Å². The van der Waals surface area contributed by atoms with Crippen LogP contribution in [0.2, 0.25) is 0 Å². The average molecular weight is 553 g/mol. The van der Waals surface area contributed by atoms with Gasteiger partial charge in [0.15, 0.2) is 11.6 Å². The zero-order valence-corrected chi connectivity index (χ0v) is 23.3. The Hall–Kier alpha value is -4.19. The number of carbonyl (C=O) groups is 1. The summed E-state index contributed by atoms with van der Waals surface area (Å²) in [6.45, 7) is 4.09. The van der Waals surface area contributed by atoms with Crippen molar-refractivity contribution in [1.29, 1.82) is 5.26 Å². The predicted molar refractivity (Wildman–Crippen MR) is 156 cm³/mol. The molecule has 212 valence electrons. The van der Waals surface area contributed by atoms with E-state index in [2.05, 4.69) is 28.4 Å². The summed E-state index contributed by atoms with van der Waals surface area (Å²) in [5, 5.41) is 12.6. The minimum Gasteiger partial charge on any atom is -0.462 e. The Balaban J connectivity index is 1.36. The number of benzene rings is 2. The summed E-state index contributed by atoms with van der Waals surface area (Å²) in [4.78, 5) is 21.0. The Morgan fingerprint density at radius 3 is 2.56 bits per heavy atom. The molecule has 0 spiro atoms. The monoisotopic (exact) mass is 552 g/mol. The van der Waals surface area contributed by atoms with Gasteiger partial charge in [-0.3, -0.25) is 4.99 Å². The molecule has 0 aliphatic carbocycles. The Morgan fingerprint density at radius 2 is 1.83 bits per heavy atom. The number of carbonyl (C=O) groups excluding carboxylic acids is 1.